The summed E-state index contributed by atoms with van der Waals surface area (Å²) < 4.78 is 20.2. The number of nitrogens with zero attached hydrogens (tertiary/aromatic N) is 2. The molecule has 0 spiro atoms. The van der Waals surface area contributed by atoms with E-state index in [0.717, 1.165) is 83.2 Å². The number of benzene rings is 5. The molecular formula is C64H84N6O8. The number of anilines is 2. The molecule has 7 N–H and O–H groups in total. The molecule has 11 rings (SSSR count). The van der Waals surface area contributed by atoms with Crippen molar-refractivity contribution in [2.45, 2.75) is 107 Å². The first-order valence-corrected chi connectivity index (χ1v) is 28.2. The number of aryl methyl sites for hydroxylation is 2. The number of H-pyrrole nitrogens is 1. The van der Waals surface area contributed by atoms with Gasteiger partial charge in [-0.1, -0.05) is 91.3 Å². The summed E-state index contributed by atoms with van der Waals surface area (Å²) in [6.07, 6.45) is 9.21. The summed E-state index contributed by atoms with van der Waals surface area (Å²) in [7, 11) is 8.04. The zero-order chi connectivity index (χ0) is 55.1. The van der Waals surface area contributed by atoms with E-state index in [1.54, 1.807) is 39.3 Å². The highest BCUT2D eigenvalue weighted by Gasteiger charge is 2.49. The minimum absolute atomic E-state index is 0.143. The van der Waals surface area contributed by atoms with Gasteiger partial charge in [-0.05, 0) is 155 Å². The quantitative estimate of drug-likeness (QED) is 0.0504. The third-order valence-corrected chi connectivity index (χ3v) is 16.7. The fraction of sp³-hybridized carbons (Fsp3) is 0.469. The second kappa shape index (κ2) is 28.1. The summed E-state index contributed by atoms with van der Waals surface area (Å²) in [6.45, 7) is 6.95. The molecule has 9 atom stereocenters. The van der Waals surface area contributed by atoms with Crippen molar-refractivity contribution in [3.63, 3.8) is 0 Å². The third-order valence-electron chi connectivity index (χ3n) is 16.7. The Kier molecular flexibility index (Phi) is 20.8. The number of carbonyl (C=O) groups excluding carboxylic acids is 2. The predicted octanol–water partition coefficient (Wildman–Crippen LogP) is 9.35. The Bertz CT molecular complexity index is 2800. The number of nitrogens with two attached hydrogens (primary N) is 1. The number of aromatic amines is 1. The number of nitrogens with one attached hydrogen (secondary N) is 3. The molecule has 1 saturated carbocycles. The van der Waals surface area contributed by atoms with Gasteiger partial charge < -0.3 is 55.4 Å². The second-order valence-corrected chi connectivity index (χ2v) is 21.4. The normalized spacial score (nSPS) is 22.3. The molecule has 5 aliphatic rings. The number of methoxy groups -OCH3 is 4. The van der Waals surface area contributed by atoms with Crippen LogP contribution in [0.5, 0.6) is 11.5 Å². The van der Waals surface area contributed by atoms with E-state index in [1.165, 1.54) is 71.7 Å². The minimum atomic E-state index is -0.755. The van der Waals surface area contributed by atoms with Crippen LogP contribution in [0, 0.1) is 17.8 Å². The summed E-state index contributed by atoms with van der Waals surface area (Å²) >= 11 is 0. The number of aliphatic hydroxyl groups is 2. The SMILES string of the molecule is CNCCCN1c2ccccc2CCc2ccccc21.COC(=O)C(c1ccccc1)C1CCCCN1.COC(=O)[C@@H]1[C@H]2C[C@H]3c4[nH]c5ccccc5c4CCN3C[C@@H]2CC[C@@H]1O.COc1ccc(OC)c(C(O)C(C)N)c1. The Hall–Kier alpha value is -6.26. The van der Waals surface area contributed by atoms with Crippen molar-refractivity contribution in [2.24, 2.45) is 23.5 Å². The van der Waals surface area contributed by atoms with Crippen LogP contribution in [0.2, 0.25) is 0 Å². The summed E-state index contributed by atoms with van der Waals surface area (Å²) in [5.74, 6) is 1.02. The number of esters is 2. The van der Waals surface area contributed by atoms with Gasteiger partial charge in [0.05, 0.1) is 58.5 Å². The largest absolute Gasteiger partial charge is 0.497 e. The van der Waals surface area contributed by atoms with Crippen LogP contribution in [0.1, 0.15) is 103 Å². The van der Waals surface area contributed by atoms with Gasteiger partial charge in [0.25, 0.3) is 0 Å². The van der Waals surface area contributed by atoms with Crippen LogP contribution in [0.4, 0.5) is 11.4 Å². The van der Waals surface area contributed by atoms with E-state index in [0.29, 0.717) is 35.4 Å². The average molecular weight is 1070 g/mol. The number of ether oxygens (including phenoxy) is 4. The smallest absolute Gasteiger partial charge is 0.314 e. The van der Waals surface area contributed by atoms with Gasteiger partial charge in [-0.15, -0.1) is 0 Å². The Balaban J connectivity index is 0.000000141. The number of aliphatic hydroxyl groups excluding tert-OH is 2. The van der Waals surface area contributed by atoms with Crippen LogP contribution in [-0.4, -0.2) is 118 Å². The van der Waals surface area contributed by atoms with Crippen LogP contribution in [-0.2, 0) is 38.3 Å². The molecular weight excluding hydrogens is 981 g/mol. The van der Waals surface area contributed by atoms with Gasteiger partial charge in [0.1, 0.15) is 11.5 Å². The summed E-state index contributed by atoms with van der Waals surface area (Å²) in [5, 5.41) is 28.4. The maximum absolute atomic E-state index is 12.4. The van der Waals surface area contributed by atoms with Gasteiger partial charge in [-0.25, -0.2) is 0 Å². The number of hydrogen-bond acceptors (Lipinski definition) is 13. The van der Waals surface area contributed by atoms with Crippen molar-refractivity contribution in [3.05, 3.63) is 155 Å². The molecule has 1 aliphatic carbocycles. The van der Waals surface area contributed by atoms with Crippen LogP contribution >= 0.6 is 0 Å². The summed E-state index contributed by atoms with van der Waals surface area (Å²) in [6, 6.07) is 41.5. The van der Waals surface area contributed by atoms with Crippen LogP contribution < -0.4 is 30.7 Å². The number of aromatic nitrogens is 1. The fourth-order valence-electron chi connectivity index (χ4n) is 12.7. The summed E-state index contributed by atoms with van der Waals surface area (Å²) in [5.41, 5.74) is 17.0. The number of carbonyl (C=O) groups is 2. The first-order chi connectivity index (χ1) is 38.0. The molecule has 0 bridgehead atoms. The molecule has 6 aromatic rings. The lowest BCUT2D eigenvalue weighted by molar-refractivity contribution is -0.160. The Morgan fingerprint density at radius 1 is 0.808 bits per heavy atom. The average Bonchev–Trinajstić information content (AvgIpc) is 3.99. The second-order valence-electron chi connectivity index (χ2n) is 21.4. The molecule has 5 heterocycles. The lowest BCUT2D eigenvalue weighted by atomic mass is 9.65. The molecule has 4 unspecified atom stereocenters. The third kappa shape index (κ3) is 13.6. The van der Waals surface area contributed by atoms with Crippen molar-refractivity contribution in [3.8, 4) is 11.5 Å². The van der Waals surface area contributed by atoms with Gasteiger partial charge >= 0.3 is 11.9 Å². The lowest BCUT2D eigenvalue weighted by Gasteiger charge is -2.50. The highest BCUT2D eigenvalue weighted by molar-refractivity contribution is 5.85. The first-order valence-electron chi connectivity index (χ1n) is 28.2. The summed E-state index contributed by atoms with van der Waals surface area (Å²) in [4.78, 5) is 33.1. The van der Waals surface area contributed by atoms with Crippen molar-refractivity contribution in [1.29, 1.82) is 0 Å². The molecule has 14 heteroatoms. The van der Waals surface area contributed by atoms with Crippen molar-refractivity contribution in [1.82, 2.24) is 20.5 Å². The molecule has 0 radical (unpaired) electrons. The van der Waals surface area contributed by atoms with Gasteiger partial charge in [0, 0.05) is 65.3 Å². The Morgan fingerprint density at radius 3 is 2.14 bits per heavy atom. The van der Waals surface area contributed by atoms with E-state index in [4.69, 9.17) is 24.7 Å². The van der Waals surface area contributed by atoms with E-state index in [1.807, 2.05) is 37.4 Å². The van der Waals surface area contributed by atoms with E-state index < -0.39 is 12.2 Å². The number of piperidine rings is 2. The highest BCUT2D eigenvalue weighted by Crippen LogP contribution is 2.49. The van der Waals surface area contributed by atoms with E-state index >= 15 is 0 Å². The van der Waals surface area contributed by atoms with Crippen molar-refractivity contribution >= 4 is 34.2 Å². The monoisotopic (exact) mass is 1060 g/mol. The topological polar surface area (TPSA) is 184 Å². The molecule has 2 saturated heterocycles. The molecule has 0 amide bonds. The maximum Gasteiger partial charge on any atom is 0.314 e. The highest BCUT2D eigenvalue weighted by atomic mass is 16.5. The van der Waals surface area contributed by atoms with Gasteiger partial charge in [-0.3, -0.25) is 14.5 Å². The fourth-order valence-corrected chi connectivity index (χ4v) is 12.7. The number of hydrogen-bond donors (Lipinski definition) is 6. The van der Waals surface area contributed by atoms with E-state index in [2.05, 4.69) is 98.2 Å². The van der Waals surface area contributed by atoms with Gasteiger partial charge in [-0.2, -0.15) is 0 Å². The molecule has 78 heavy (non-hydrogen) atoms. The molecule has 5 aromatic carbocycles. The van der Waals surface area contributed by atoms with Gasteiger partial charge in [0.15, 0.2) is 0 Å². The van der Waals surface area contributed by atoms with Crippen LogP contribution in [0.25, 0.3) is 10.9 Å². The number of para-hydroxylation sites is 3. The molecule has 14 nitrogen and oxygen atoms in total. The standard InChI is InChI=1S/C21H26N2O3.C18H22N2.C14H19NO2.C11H17NO3/c1-26-21(25)19-15-10-17-20-14(13-4-2-3-5-16(13)22-20)8-9-23(17)11-12(15)6-7-18(19)24;1-19-13-6-14-20-17-9-4-2-7-15(17)11-12-16-8-3-5-10-18(16)20;1-17-14(16)13(11-7-3-2-4-8-11)12-9-5-6-10-15-12;1-7(12)11(13)9-6-8(14-2)4-5-10(9)15-3/h2-5,12,15,17-19,22,24H,6-11H2,1H3;2-5,7-10,19H,6,11-14H2,1H3;2-4,7-8,12-13,15H,5-6,9-10H2,1H3;4-7,11,13H,12H2,1-3H3/t12-,15-,17-,18-,19+;;;/m0.../s1. The zero-order valence-electron chi connectivity index (χ0n) is 46.7. The van der Waals surface area contributed by atoms with E-state index in [9.17, 15) is 19.8 Å². The molecule has 3 fully saturated rings. The van der Waals surface area contributed by atoms with Crippen LogP contribution in [0.3, 0.4) is 0 Å². The minimum Gasteiger partial charge on any atom is -0.497 e. The molecule has 1 aromatic heterocycles. The number of fused-ring (bicyclic) bond motifs is 8. The molecule has 4 aliphatic heterocycles. The predicted molar refractivity (Wildman–Crippen MR) is 309 cm³/mol. The Labute approximate surface area is 462 Å². The van der Waals surface area contributed by atoms with Crippen molar-refractivity contribution in [2.75, 3.05) is 73.1 Å². The number of rotatable bonds is 12. The van der Waals surface area contributed by atoms with E-state index in [-0.39, 0.29) is 41.8 Å². The maximum atomic E-state index is 12.4. The van der Waals surface area contributed by atoms with Crippen LogP contribution in [0.15, 0.2) is 121 Å². The molecule has 418 valence electrons. The first kappa shape index (κ1) is 57.9. The van der Waals surface area contributed by atoms with Crippen molar-refractivity contribution < 1.29 is 38.7 Å². The zero-order valence-corrected chi connectivity index (χ0v) is 46.7. The van der Waals surface area contributed by atoms with Gasteiger partial charge in [0.2, 0.25) is 0 Å². The lowest BCUT2D eigenvalue weighted by Crippen LogP contribution is -2.53. The Morgan fingerprint density at radius 2 is 1.50 bits per heavy atom.